The first kappa shape index (κ1) is 23.4. The number of nitrogens with zero attached hydrogens (tertiary/aromatic N) is 1. The molecule has 2 N–H and O–H groups in total. The first-order chi connectivity index (χ1) is 13.5. The van der Waals surface area contributed by atoms with E-state index in [-0.39, 0.29) is 23.3 Å². The highest BCUT2D eigenvalue weighted by molar-refractivity contribution is 5.89. The topological polar surface area (TPSA) is 72.6 Å². The van der Waals surface area contributed by atoms with Gasteiger partial charge in [0.2, 0.25) is 5.91 Å². The summed E-state index contributed by atoms with van der Waals surface area (Å²) in [7, 11) is 0. The normalized spacial score (nSPS) is 20.2. The smallest absolute Gasteiger partial charge is 0.325 e. The van der Waals surface area contributed by atoms with E-state index in [9.17, 15) is 9.59 Å². The predicted octanol–water partition coefficient (Wildman–Crippen LogP) is 4.29. The largest absolute Gasteiger partial charge is 0.465 e. The number of hydrogen-bond acceptors (Lipinski definition) is 4. The zero-order valence-electron chi connectivity index (χ0n) is 18.8. The lowest BCUT2D eigenvalue weighted by molar-refractivity contribution is -0.152. The van der Waals surface area contributed by atoms with Crippen LogP contribution in [0.25, 0.3) is 0 Å². The fraction of sp³-hybridized carbons (Fsp3) is 0.667. The van der Waals surface area contributed by atoms with Gasteiger partial charge in [-0.2, -0.15) is 0 Å². The minimum atomic E-state index is -0.962. The lowest BCUT2D eigenvalue weighted by Crippen LogP contribution is -2.57. The Morgan fingerprint density at radius 2 is 1.55 bits per heavy atom. The Labute approximate surface area is 176 Å². The maximum atomic E-state index is 13.6. The molecule has 0 aromatic heterocycles. The number of hydrogen-bond donors (Lipinski definition) is 1. The van der Waals surface area contributed by atoms with Crippen LogP contribution in [0.1, 0.15) is 72.3 Å². The summed E-state index contributed by atoms with van der Waals surface area (Å²) in [5.74, 6) is -0.546. The highest BCUT2D eigenvalue weighted by Gasteiger charge is 2.43. The zero-order chi connectivity index (χ0) is 21.7. The van der Waals surface area contributed by atoms with E-state index in [0.29, 0.717) is 26.0 Å². The second-order valence-electron chi connectivity index (χ2n) is 10.1. The molecule has 29 heavy (non-hydrogen) atoms. The van der Waals surface area contributed by atoms with Crippen molar-refractivity contribution in [3.05, 3.63) is 35.9 Å². The van der Waals surface area contributed by atoms with E-state index in [1.54, 1.807) is 11.8 Å². The van der Waals surface area contributed by atoms with Crippen molar-refractivity contribution in [2.45, 2.75) is 78.8 Å². The summed E-state index contributed by atoms with van der Waals surface area (Å²) in [6.45, 7) is 11.4. The van der Waals surface area contributed by atoms with Gasteiger partial charge in [0.15, 0.2) is 0 Å². The third-order valence-electron chi connectivity index (χ3n) is 6.01. The van der Waals surface area contributed by atoms with E-state index < -0.39 is 11.5 Å². The second-order valence-corrected chi connectivity index (χ2v) is 10.1. The highest BCUT2D eigenvalue weighted by Crippen LogP contribution is 2.44. The molecule has 2 rings (SSSR count). The standard InChI is InChI=1S/C24H38N2O3/c1-6-29-20(27)17-26(16-19-10-8-7-9-11-19)21(28)24(25)14-12-22(2,3)18-23(4,5)13-15-24/h7-11H,6,12-18,25H2,1-5H3. The molecule has 1 aromatic carbocycles. The third-order valence-corrected chi connectivity index (χ3v) is 6.01. The number of amides is 1. The predicted molar refractivity (Wildman–Crippen MR) is 116 cm³/mol. The molecule has 1 aliphatic carbocycles. The van der Waals surface area contributed by atoms with Gasteiger partial charge < -0.3 is 15.4 Å². The van der Waals surface area contributed by atoms with E-state index in [4.69, 9.17) is 10.5 Å². The van der Waals surface area contributed by atoms with Crippen molar-refractivity contribution in [1.29, 1.82) is 0 Å². The number of nitrogens with two attached hydrogens (primary N) is 1. The van der Waals surface area contributed by atoms with Crippen molar-refractivity contribution in [3.63, 3.8) is 0 Å². The molecule has 0 bridgehead atoms. The van der Waals surface area contributed by atoms with Crippen molar-refractivity contribution in [2.75, 3.05) is 13.2 Å². The average molecular weight is 403 g/mol. The van der Waals surface area contributed by atoms with Crippen LogP contribution in [0.3, 0.4) is 0 Å². The van der Waals surface area contributed by atoms with Crippen molar-refractivity contribution >= 4 is 11.9 Å². The van der Waals surface area contributed by atoms with Crippen LogP contribution in [-0.4, -0.2) is 35.5 Å². The highest BCUT2D eigenvalue weighted by atomic mass is 16.5. The SMILES string of the molecule is CCOC(=O)CN(Cc1ccccc1)C(=O)C1(N)CCC(C)(C)CC(C)(C)CC1. The molecular weight excluding hydrogens is 364 g/mol. The van der Waals surface area contributed by atoms with Crippen molar-refractivity contribution < 1.29 is 14.3 Å². The van der Waals surface area contributed by atoms with Crippen molar-refractivity contribution in [1.82, 2.24) is 4.90 Å². The van der Waals surface area contributed by atoms with E-state index in [1.165, 1.54) is 0 Å². The number of benzene rings is 1. The van der Waals surface area contributed by atoms with Gasteiger partial charge in [0, 0.05) is 6.54 Å². The first-order valence-electron chi connectivity index (χ1n) is 10.7. The molecule has 0 heterocycles. The Hall–Kier alpha value is -1.88. The van der Waals surface area contributed by atoms with E-state index >= 15 is 0 Å². The van der Waals surface area contributed by atoms with Gasteiger partial charge in [-0.25, -0.2) is 0 Å². The van der Waals surface area contributed by atoms with Crippen molar-refractivity contribution in [2.24, 2.45) is 16.6 Å². The molecule has 0 saturated heterocycles. The van der Waals surface area contributed by atoms with Crippen LogP contribution in [0.5, 0.6) is 0 Å². The zero-order valence-corrected chi connectivity index (χ0v) is 18.8. The fourth-order valence-electron chi connectivity index (χ4n) is 4.61. The van der Waals surface area contributed by atoms with Crippen molar-refractivity contribution in [3.8, 4) is 0 Å². The van der Waals surface area contributed by atoms with Crippen LogP contribution in [0.4, 0.5) is 0 Å². The van der Waals surface area contributed by atoms with Gasteiger partial charge in [-0.05, 0) is 55.4 Å². The summed E-state index contributed by atoms with van der Waals surface area (Å²) >= 11 is 0. The van der Waals surface area contributed by atoms with Gasteiger partial charge in [0.25, 0.3) is 0 Å². The molecule has 162 valence electrons. The Balaban J connectivity index is 2.27. The first-order valence-corrected chi connectivity index (χ1v) is 10.7. The molecule has 1 amide bonds. The Morgan fingerprint density at radius 1 is 1.00 bits per heavy atom. The number of rotatable bonds is 6. The molecule has 5 heteroatoms. The molecule has 5 nitrogen and oxygen atoms in total. The maximum absolute atomic E-state index is 13.6. The average Bonchev–Trinajstić information content (AvgIpc) is 2.63. The van der Waals surface area contributed by atoms with Gasteiger partial charge in [-0.15, -0.1) is 0 Å². The van der Waals surface area contributed by atoms with E-state index in [1.807, 2.05) is 30.3 Å². The summed E-state index contributed by atoms with van der Waals surface area (Å²) in [5.41, 5.74) is 7.04. The molecule has 0 radical (unpaired) electrons. The monoisotopic (exact) mass is 402 g/mol. The molecule has 0 atom stereocenters. The molecular formula is C24H38N2O3. The Morgan fingerprint density at radius 3 is 2.07 bits per heavy atom. The summed E-state index contributed by atoms with van der Waals surface area (Å²) in [5, 5.41) is 0. The minimum Gasteiger partial charge on any atom is -0.465 e. The number of ether oxygens (including phenoxy) is 1. The second kappa shape index (κ2) is 9.29. The Kier molecular flexibility index (Phi) is 7.50. The van der Waals surface area contributed by atoms with Crippen LogP contribution in [0, 0.1) is 10.8 Å². The van der Waals surface area contributed by atoms with E-state index in [2.05, 4.69) is 27.7 Å². The molecule has 0 spiro atoms. The maximum Gasteiger partial charge on any atom is 0.325 e. The molecule has 1 aromatic rings. The summed E-state index contributed by atoms with van der Waals surface area (Å²) in [6, 6.07) is 9.71. The molecule has 1 fully saturated rings. The van der Waals surface area contributed by atoms with Gasteiger partial charge in [0.05, 0.1) is 12.1 Å². The summed E-state index contributed by atoms with van der Waals surface area (Å²) < 4.78 is 5.12. The molecule has 0 unspecified atom stereocenters. The number of carbonyl (C=O) groups excluding carboxylic acids is 2. The van der Waals surface area contributed by atoms with Gasteiger partial charge in [0.1, 0.15) is 6.54 Å². The van der Waals surface area contributed by atoms with Gasteiger partial charge in [-0.1, -0.05) is 58.0 Å². The van der Waals surface area contributed by atoms with Gasteiger partial charge in [-0.3, -0.25) is 9.59 Å². The van der Waals surface area contributed by atoms with E-state index in [0.717, 1.165) is 24.8 Å². The summed E-state index contributed by atoms with van der Waals surface area (Å²) in [6.07, 6.45) is 4.14. The van der Waals surface area contributed by atoms with Gasteiger partial charge >= 0.3 is 5.97 Å². The minimum absolute atomic E-state index is 0.0761. The third kappa shape index (κ3) is 6.84. The lowest BCUT2D eigenvalue weighted by atomic mass is 9.65. The molecule has 1 aliphatic rings. The lowest BCUT2D eigenvalue weighted by Gasteiger charge is -2.43. The van der Waals surface area contributed by atoms with Crippen LogP contribution in [0.15, 0.2) is 30.3 Å². The fourth-order valence-corrected chi connectivity index (χ4v) is 4.61. The van der Waals surface area contributed by atoms with Crippen LogP contribution in [-0.2, 0) is 20.9 Å². The molecule has 0 aliphatic heterocycles. The number of esters is 1. The van der Waals surface area contributed by atoms with Crippen LogP contribution in [0.2, 0.25) is 0 Å². The number of carbonyl (C=O) groups is 2. The Bertz CT molecular complexity index is 679. The summed E-state index contributed by atoms with van der Waals surface area (Å²) in [4.78, 5) is 27.4. The van der Waals surface area contributed by atoms with Crippen LogP contribution < -0.4 is 5.73 Å². The molecule has 1 saturated carbocycles. The quantitative estimate of drug-likeness (QED) is 0.720. The van der Waals surface area contributed by atoms with Crippen LogP contribution >= 0.6 is 0 Å².